The van der Waals surface area contributed by atoms with E-state index in [4.69, 9.17) is 27.7 Å². The first-order valence-electron chi connectivity index (χ1n) is 15.1. The fourth-order valence-corrected chi connectivity index (χ4v) is 5.48. The number of unbranched alkanes of at least 4 members (excludes halogenated alkanes) is 1. The third-order valence-electron chi connectivity index (χ3n) is 7.79. The van der Waals surface area contributed by atoms with E-state index in [0.717, 1.165) is 40.8 Å². The number of aromatic hydroxyl groups is 1. The van der Waals surface area contributed by atoms with Crippen molar-refractivity contribution < 1.29 is 19.4 Å². The summed E-state index contributed by atoms with van der Waals surface area (Å²) in [5.74, 6) is -0.838. The zero-order valence-electron chi connectivity index (χ0n) is 25.7. The molecule has 1 unspecified atom stereocenters. The number of rotatable bonds is 17. The molecule has 10 N–H and O–H groups in total. The van der Waals surface area contributed by atoms with E-state index in [0.29, 0.717) is 38.1 Å². The number of para-hydroxylation sites is 1. The smallest absolute Gasteiger partial charge is 0.224 e. The van der Waals surface area contributed by atoms with Gasteiger partial charge in [0.1, 0.15) is 17.2 Å². The molecular weight excluding hydrogens is 556 g/mol. The van der Waals surface area contributed by atoms with Crippen molar-refractivity contribution in [2.24, 2.45) is 39.8 Å². The fourth-order valence-electron chi connectivity index (χ4n) is 5.48. The summed E-state index contributed by atoms with van der Waals surface area (Å²) in [6.45, 7) is 4.62. The van der Waals surface area contributed by atoms with Crippen molar-refractivity contribution >= 4 is 17.8 Å². The van der Waals surface area contributed by atoms with Gasteiger partial charge in [0.15, 0.2) is 5.96 Å². The van der Waals surface area contributed by atoms with Crippen LogP contribution in [0, 0.1) is 25.7 Å². The number of amides is 2. The van der Waals surface area contributed by atoms with Crippen LogP contribution in [0.5, 0.6) is 17.2 Å². The Labute approximate surface area is 259 Å². The van der Waals surface area contributed by atoms with Gasteiger partial charge in [0, 0.05) is 12.5 Å². The number of aryl methyl sites for hydroxylation is 2. The van der Waals surface area contributed by atoms with E-state index in [9.17, 15) is 14.7 Å². The number of phenols is 1. The molecule has 0 aliphatic heterocycles. The van der Waals surface area contributed by atoms with Gasteiger partial charge in [0.25, 0.3) is 0 Å². The molecule has 0 bridgehead atoms. The van der Waals surface area contributed by atoms with Crippen molar-refractivity contribution in [3.8, 4) is 17.2 Å². The van der Waals surface area contributed by atoms with Gasteiger partial charge in [-0.1, -0.05) is 30.3 Å². The summed E-state index contributed by atoms with van der Waals surface area (Å²) in [5, 5.41) is 13.3. The molecule has 0 aliphatic rings. The Morgan fingerprint density at radius 1 is 0.864 bits per heavy atom. The number of aliphatic imine (C=N–C) groups is 1. The number of carbonyl (C=O) groups excluding carboxylic acids is 2. The summed E-state index contributed by atoms with van der Waals surface area (Å²) < 4.78 is 5.95. The summed E-state index contributed by atoms with van der Waals surface area (Å²) in [7, 11) is 0. The highest BCUT2D eigenvalue weighted by Crippen LogP contribution is 2.31. The van der Waals surface area contributed by atoms with Crippen LogP contribution in [0.3, 0.4) is 0 Å². The third kappa shape index (κ3) is 10.3. The van der Waals surface area contributed by atoms with Crippen LogP contribution in [0.2, 0.25) is 0 Å². The zero-order valence-corrected chi connectivity index (χ0v) is 25.7. The molecule has 0 saturated carbocycles. The number of guanidine groups is 1. The summed E-state index contributed by atoms with van der Waals surface area (Å²) >= 11 is 0. The molecule has 2 amide bonds. The van der Waals surface area contributed by atoms with Crippen molar-refractivity contribution in [3.05, 3.63) is 89.0 Å². The number of ether oxygens (including phenoxy) is 1. The predicted octanol–water partition coefficient (Wildman–Crippen LogP) is 4.10. The second-order valence-corrected chi connectivity index (χ2v) is 11.2. The molecule has 10 nitrogen and oxygen atoms in total. The van der Waals surface area contributed by atoms with Crippen molar-refractivity contribution in [3.63, 3.8) is 0 Å². The van der Waals surface area contributed by atoms with Gasteiger partial charge >= 0.3 is 0 Å². The molecule has 0 radical (unpaired) electrons. The number of benzene rings is 3. The minimum Gasteiger partial charge on any atom is -0.508 e. The highest BCUT2D eigenvalue weighted by molar-refractivity contribution is 5.87. The standard InChI is InChI=1S/C34H46N6O4/c1-22-19-25(41)20-23(2)29(22)21-30(28(32(36)42)11-8-18-39-34(37)38)33(43)40-31(12-6-7-17-35)24-13-15-27(16-14-24)44-26-9-4-3-5-10-26/h3-5,9-10,13-16,19-20,28,30-31,41H,6-8,11-12,17-18,21,35H2,1-2H3,(H2,36,42)(H,40,43)(H4,37,38,39)/t28?,30-,31-/m0/s1. The Morgan fingerprint density at radius 2 is 1.50 bits per heavy atom. The maximum atomic E-state index is 14.2. The van der Waals surface area contributed by atoms with E-state index >= 15 is 0 Å². The Morgan fingerprint density at radius 3 is 2.09 bits per heavy atom. The minimum absolute atomic E-state index is 0.0363. The van der Waals surface area contributed by atoms with Crippen LogP contribution in [-0.4, -0.2) is 36.0 Å². The van der Waals surface area contributed by atoms with E-state index in [1.807, 2.05) is 68.4 Å². The number of phenolic OH excluding ortho intramolecular Hbond substituents is 1. The largest absolute Gasteiger partial charge is 0.508 e. The lowest BCUT2D eigenvalue weighted by Crippen LogP contribution is -2.43. The molecule has 0 heterocycles. The Kier molecular flexibility index (Phi) is 13.0. The highest BCUT2D eigenvalue weighted by atomic mass is 16.5. The number of carbonyl (C=O) groups is 2. The molecule has 0 fully saturated rings. The number of nitrogens with two attached hydrogens (primary N) is 4. The van der Waals surface area contributed by atoms with Gasteiger partial charge in [-0.15, -0.1) is 0 Å². The van der Waals surface area contributed by atoms with Gasteiger partial charge < -0.3 is 38.1 Å². The van der Waals surface area contributed by atoms with Crippen LogP contribution in [-0.2, 0) is 16.0 Å². The lowest BCUT2D eigenvalue weighted by molar-refractivity contribution is -0.134. The first-order chi connectivity index (χ1) is 21.1. The highest BCUT2D eigenvalue weighted by Gasteiger charge is 2.34. The van der Waals surface area contributed by atoms with Crippen LogP contribution in [0.4, 0.5) is 0 Å². The second-order valence-electron chi connectivity index (χ2n) is 11.2. The van der Waals surface area contributed by atoms with Crippen molar-refractivity contribution in [1.29, 1.82) is 0 Å². The van der Waals surface area contributed by atoms with Crippen molar-refractivity contribution in [1.82, 2.24) is 5.32 Å². The first kappa shape index (κ1) is 33.9. The van der Waals surface area contributed by atoms with Crippen LogP contribution < -0.4 is 33.0 Å². The monoisotopic (exact) mass is 602 g/mol. The fraction of sp³-hybridized carbons (Fsp3) is 0.382. The normalized spacial score (nSPS) is 13.0. The quantitative estimate of drug-likeness (QED) is 0.0760. The van der Waals surface area contributed by atoms with Crippen molar-refractivity contribution in [2.75, 3.05) is 13.1 Å². The molecule has 0 spiro atoms. The van der Waals surface area contributed by atoms with Crippen LogP contribution in [0.1, 0.15) is 60.4 Å². The van der Waals surface area contributed by atoms with E-state index in [-0.39, 0.29) is 30.1 Å². The van der Waals surface area contributed by atoms with Gasteiger partial charge in [0.05, 0.1) is 12.0 Å². The summed E-state index contributed by atoms with van der Waals surface area (Å²) in [4.78, 5) is 31.0. The Hall–Kier alpha value is -4.57. The molecule has 3 aromatic carbocycles. The molecule has 44 heavy (non-hydrogen) atoms. The van der Waals surface area contributed by atoms with Crippen LogP contribution in [0.15, 0.2) is 71.7 Å². The number of hydrogen-bond acceptors (Lipinski definition) is 6. The first-order valence-corrected chi connectivity index (χ1v) is 15.1. The van der Waals surface area contributed by atoms with Crippen LogP contribution >= 0.6 is 0 Å². The average molecular weight is 603 g/mol. The molecule has 0 aromatic heterocycles. The van der Waals surface area contributed by atoms with Gasteiger partial charge in [-0.3, -0.25) is 14.6 Å². The average Bonchev–Trinajstić information content (AvgIpc) is 2.97. The summed E-state index contributed by atoms with van der Waals surface area (Å²) in [6, 6.07) is 20.1. The van der Waals surface area contributed by atoms with Gasteiger partial charge in [0.2, 0.25) is 11.8 Å². The Balaban J connectivity index is 1.90. The zero-order chi connectivity index (χ0) is 32.1. The summed E-state index contributed by atoms with van der Waals surface area (Å²) in [6.07, 6.45) is 3.37. The number of primary amides is 1. The lowest BCUT2D eigenvalue weighted by atomic mass is 9.80. The predicted molar refractivity (Wildman–Crippen MR) is 174 cm³/mol. The number of nitrogens with one attached hydrogen (secondary N) is 1. The molecule has 3 atom stereocenters. The van der Waals surface area contributed by atoms with E-state index in [1.54, 1.807) is 12.1 Å². The maximum absolute atomic E-state index is 14.2. The number of nitrogens with zero attached hydrogens (tertiary/aromatic N) is 1. The Bertz CT molecular complexity index is 1370. The minimum atomic E-state index is -0.761. The van der Waals surface area contributed by atoms with Gasteiger partial charge in [-0.05, 0) is 118 Å². The third-order valence-corrected chi connectivity index (χ3v) is 7.79. The molecule has 0 saturated heterocycles. The maximum Gasteiger partial charge on any atom is 0.224 e. The van der Waals surface area contributed by atoms with Gasteiger partial charge in [-0.25, -0.2) is 0 Å². The molecule has 3 aromatic rings. The van der Waals surface area contributed by atoms with E-state index < -0.39 is 17.7 Å². The topological polar surface area (TPSA) is 192 Å². The molecule has 236 valence electrons. The SMILES string of the molecule is Cc1cc(O)cc(C)c1C[C@H](C(=O)N[C@@H](CCCCN)c1ccc(Oc2ccccc2)cc1)C(CCCN=C(N)N)C(N)=O. The second kappa shape index (κ2) is 16.9. The molecule has 0 aliphatic carbocycles. The molecular formula is C34H46N6O4. The van der Waals surface area contributed by atoms with E-state index in [1.165, 1.54) is 0 Å². The summed E-state index contributed by atoms with van der Waals surface area (Å²) in [5.41, 5.74) is 26.1. The molecule has 3 rings (SSSR count). The van der Waals surface area contributed by atoms with Crippen LogP contribution in [0.25, 0.3) is 0 Å². The van der Waals surface area contributed by atoms with E-state index in [2.05, 4.69) is 10.3 Å². The van der Waals surface area contributed by atoms with Crippen molar-refractivity contribution in [2.45, 2.75) is 58.4 Å². The molecule has 10 heteroatoms. The van der Waals surface area contributed by atoms with Gasteiger partial charge in [-0.2, -0.15) is 0 Å². The number of hydrogen-bond donors (Lipinski definition) is 6. The lowest BCUT2D eigenvalue weighted by Gasteiger charge is -2.28.